The molecule has 1 heterocycles. The van der Waals surface area contributed by atoms with Gasteiger partial charge in [-0.1, -0.05) is 32.4 Å². The maximum atomic E-state index is 2.27. The van der Waals surface area contributed by atoms with E-state index in [0.717, 1.165) is 0 Å². The largest absolute Gasteiger partial charge is 0.103 e. The van der Waals surface area contributed by atoms with Gasteiger partial charge >= 0.3 is 0 Å². The molecule has 11 heavy (non-hydrogen) atoms. The Labute approximate surface area is 73.8 Å². The number of hydrogen-bond acceptors (Lipinski definition) is 1. The predicted molar refractivity (Wildman–Crippen MR) is 53.5 cm³/mol. The first-order chi connectivity index (χ1) is 5.25. The molecule has 0 N–H and O–H groups in total. The summed E-state index contributed by atoms with van der Waals surface area (Å²) in [4.78, 5) is 1.59. The van der Waals surface area contributed by atoms with E-state index in [1.807, 2.05) is 11.8 Å². The van der Waals surface area contributed by atoms with Gasteiger partial charge in [-0.2, -0.15) is 0 Å². The lowest BCUT2D eigenvalue weighted by atomic mass is 10.0. The summed E-state index contributed by atoms with van der Waals surface area (Å²) in [5.74, 6) is 0.708. The van der Waals surface area contributed by atoms with Gasteiger partial charge in [0.15, 0.2) is 0 Å². The Hall–Kier alpha value is -0.170. The summed E-state index contributed by atoms with van der Waals surface area (Å²) in [6.07, 6.45) is 4.65. The standard InChI is InChI=1S/C10H16S/c1-4-9-6-5-7-11-10(9)8(2)3/h5,7-8H,4,6H2,1-3H3. The monoisotopic (exact) mass is 168 g/mol. The van der Waals surface area contributed by atoms with E-state index in [1.54, 1.807) is 10.5 Å². The maximum absolute atomic E-state index is 2.27. The third-order valence-electron chi connectivity index (χ3n) is 1.96. The van der Waals surface area contributed by atoms with Gasteiger partial charge < -0.3 is 0 Å². The van der Waals surface area contributed by atoms with Gasteiger partial charge in [0.05, 0.1) is 0 Å². The van der Waals surface area contributed by atoms with Crippen LogP contribution < -0.4 is 0 Å². The Morgan fingerprint density at radius 3 is 2.73 bits per heavy atom. The molecule has 0 spiro atoms. The summed E-state index contributed by atoms with van der Waals surface area (Å²) in [6.45, 7) is 6.80. The van der Waals surface area contributed by atoms with Gasteiger partial charge in [0.1, 0.15) is 0 Å². The molecule has 1 heteroatoms. The molecule has 0 bridgehead atoms. The minimum absolute atomic E-state index is 0.708. The first-order valence-corrected chi connectivity index (χ1v) is 5.17. The van der Waals surface area contributed by atoms with Crippen LogP contribution >= 0.6 is 11.8 Å². The van der Waals surface area contributed by atoms with Gasteiger partial charge in [0, 0.05) is 0 Å². The highest BCUT2D eigenvalue weighted by Crippen LogP contribution is 2.34. The highest BCUT2D eigenvalue weighted by molar-refractivity contribution is 8.05. The van der Waals surface area contributed by atoms with E-state index >= 15 is 0 Å². The van der Waals surface area contributed by atoms with Crippen molar-refractivity contribution in [3.05, 3.63) is 22.0 Å². The van der Waals surface area contributed by atoms with Gasteiger partial charge in [-0.25, -0.2) is 0 Å². The van der Waals surface area contributed by atoms with Crippen molar-refractivity contribution in [2.24, 2.45) is 5.92 Å². The summed E-state index contributed by atoms with van der Waals surface area (Å²) in [6, 6.07) is 0. The molecular formula is C10H16S. The van der Waals surface area contributed by atoms with Crippen LogP contribution in [-0.4, -0.2) is 0 Å². The fourth-order valence-electron chi connectivity index (χ4n) is 1.36. The Balaban J connectivity index is 2.76. The fourth-order valence-corrected chi connectivity index (χ4v) is 2.36. The molecule has 0 unspecified atom stereocenters. The van der Waals surface area contributed by atoms with Crippen molar-refractivity contribution in [3.8, 4) is 0 Å². The van der Waals surface area contributed by atoms with Crippen LogP contribution in [0.4, 0.5) is 0 Å². The lowest BCUT2D eigenvalue weighted by Crippen LogP contribution is -1.97. The molecule has 0 aromatic heterocycles. The van der Waals surface area contributed by atoms with Crippen molar-refractivity contribution < 1.29 is 0 Å². The second-order valence-electron chi connectivity index (χ2n) is 3.17. The van der Waals surface area contributed by atoms with Crippen LogP contribution in [0, 0.1) is 5.92 Å². The highest BCUT2D eigenvalue weighted by Gasteiger charge is 2.10. The molecule has 1 aliphatic heterocycles. The third-order valence-corrected chi connectivity index (χ3v) is 3.30. The summed E-state index contributed by atoms with van der Waals surface area (Å²) >= 11 is 1.90. The Morgan fingerprint density at radius 2 is 2.27 bits per heavy atom. The molecule has 0 saturated carbocycles. The predicted octanol–water partition coefficient (Wildman–Crippen LogP) is 3.96. The molecule has 0 nitrogen and oxygen atoms in total. The average molecular weight is 168 g/mol. The summed E-state index contributed by atoms with van der Waals surface area (Å²) in [5, 5.41) is 2.22. The average Bonchev–Trinajstić information content (AvgIpc) is 2.04. The Bertz CT molecular complexity index is 187. The van der Waals surface area contributed by atoms with E-state index in [9.17, 15) is 0 Å². The topological polar surface area (TPSA) is 0 Å². The number of hydrogen-bond donors (Lipinski definition) is 0. The zero-order chi connectivity index (χ0) is 8.27. The van der Waals surface area contributed by atoms with Crippen LogP contribution in [0.15, 0.2) is 22.0 Å². The van der Waals surface area contributed by atoms with Crippen LogP contribution in [0.3, 0.4) is 0 Å². The first kappa shape index (κ1) is 8.92. The van der Waals surface area contributed by atoms with Gasteiger partial charge in [-0.15, -0.1) is 11.8 Å². The van der Waals surface area contributed by atoms with Gasteiger partial charge in [-0.3, -0.25) is 0 Å². The smallest absolute Gasteiger partial charge is 0.00879 e. The number of allylic oxidation sites excluding steroid dienone is 3. The lowest BCUT2D eigenvalue weighted by Gasteiger charge is -2.17. The SMILES string of the molecule is CCC1=C(C(C)C)SC=CC1. The van der Waals surface area contributed by atoms with Crippen molar-refractivity contribution >= 4 is 11.8 Å². The molecular weight excluding hydrogens is 152 g/mol. The van der Waals surface area contributed by atoms with Crippen LogP contribution in [0.1, 0.15) is 33.6 Å². The molecule has 0 aromatic carbocycles. The fraction of sp³-hybridized carbons (Fsp3) is 0.600. The van der Waals surface area contributed by atoms with Gasteiger partial charge in [-0.05, 0) is 29.1 Å². The van der Waals surface area contributed by atoms with Crippen molar-refractivity contribution in [1.82, 2.24) is 0 Å². The number of rotatable bonds is 2. The number of thioether (sulfide) groups is 1. The van der Waals surface area contributed by atoms with E-state index < -0.39 is 0 Å². The Morgan fingerprint density at radius 1 is 1.55 bits per heavy atom. The first-order valence-electron chi connectivity index (χ1n) is 4.29. The molecule has 0 radical (unpaired) electrons. The second-order valence-corrected chi connectivity index (χ2v) is 4.12. The maximum Gasteiger partial charge on any atom is -0.00879 e. The zero-order valence-corrected chi connectivity index (χ0v) is 8.37. The zero-order valence-electron chi connectivity index (χ0n) is 7.55. The molecule has 0 aliphatic carbocycles. The lowest BCUT2D eigenvalue weighted by molar-refractivity contribution is 0.789. The van der Waals surface area contributed by atoms with Gasteiger partial charge in [0.2, 0.25) is 0 Å². The van der Waals surface area contributed by atoms with Crippen molar-refractivity contribution in [2.75, 3.05) is 0 Å². The van der Waals surface area contributed by atoms with Crippen molar-refractivity contribution in [1.29, 1.82) is 0 Å². The van der Waals surface area contributed by atoms with E-state index in [4.69, 9.17) is 0 Å². The van der Waals surface area contributed by atoms with E-state index in [2.05, 4.69) is 32.3 Å². The minimum atomic E-state index is 0.708. The normalized spacial score (nSPS) is 18.2. The van der Waals surface area contributed by atoms with Crippen LogP contribution in [0.5, 0.6) is 0 Å². The highest BCUT2D eigenvalue weighted by atomic mass is 32.2. The van der Waals surface area contributed by atoms with Crippen LogP contribution in [0.2, 0.25) is 0 Å². The molecule has 0 fully saturated rings. The molecule has 0 aromatic rings. The minimum Gasteiger partial charge on any atom is -0.103 e. The van der Waals surface area contributed by atoms with Gasteiger partial charge in [0.25, 0.3) is 0 Å². The third kappa shape index (κ3) is 2.13. The molecule has 0 saturated heterocycles. The van der Waals surface area contributed by atoms with E-state index in [-0.39, 0.29) is 0 Å². The Kier molecular flexibility index (Phi) is 3.25. The van der Waals surface area contributed by atoms with E-state index in [1.165, 1.54) is 12.8 Å². The molecule has 62 valence electrons. The second kappa shape index (κ2) is 4.01. The quantitative estimate of drug-likeness (QED) is 0.601. The summed E-state index contributed by atoms with van der Waals surface area (Å²) in [5.41, 5.74) is 1.63. The summed E-state index contributed by atoms with van der Waals surface area (Å²) in [7, 11) is 0. The summed E-state index contributed by atoms with van der Waals surface area (Å²) < 4.78 is 0. The molecule has 1 aliphatic rings. The van der Waals surface area contributed by atoms with Crippen molar-refractivity contribution in [3.63, 3.8) is 0 Å². The van der Waals surface area contributed by atoms with Crippen LogP contribution in [0.25, 0.3) is 0 Å². The van der Waals surface area contributed by atoms with Crippen molar-refractivity contribution in [2.45, 2.75) is 33.6 Å². The van der Waals surface area contributed by atoms with Crippen LogP contribution in [-0.2, 0) is 0 Å². The molecule has 0 atom stereocenters. The molecule has 0 amide bonds. The van der Waals surface area contributed by atoms with E-state index in [0.29, 0.717) is 5.92 Å². The molecule has 1 rings (SSSR count).